The Balaban J connectivity index is 3.16. The molecule has 4 nitrogen and oxygen atoms in total. The molecule has 0 spiro atoms. The number of rotatable bonds is 4. The molecule has 0 aliphatic heterocycles. The van der Waals surface area contributed by atoms with Gasteiger partial charge in [-0.15, -0.1) is 0 Å². The van der Waals surface area contributed by atoms with Crippen molar-refractivity contribution in [3.05, 3.63) is 23.3 Å². The zero-order valence-electron chi connectivity index (χ0n) is 9.53. The summed E-state index contributed by atoms with van der Waals surface area (Å²) in [5.41, 5.74) is 6.73. The van der Waals surface area contributed by atoms with Crippen LogP contribution in [0.1, 0.15) is 30.4 Å². The van der Waals surface area contributed by atoms with Gasteiger partial charge >= 0.3 is 0 Å². The van der Waals surface area contributed by atoms with Crippen molar-refractivity contribution in [1.29, 1.82) is 5.26 Å². The fourth-order valence-electron chi connectivity index (χ4n) is 1.63. The lowest BCUT2D eigenvalue weighted by Gasteiger charge is -2.13. The lowest BCUT2D eigenvalue weighted by molar-refractivity contribution is 0.371. The molecule has 4 heteroatoms. The van der Waals surface area contributed by atoms with E-state index in [4.69, 9.17) is 15.7 Å². The van der Waals surface area contributed by atoms with Crippen molar-refractivity contribution in [1.82, 2.24) is 0 Å². The van der Waals surface area contributed by atoms with E-state index in [1.807, 2.05) is 13.0 Å². The van der Waals surface area contributed by atoms with E-state index < -0.39 is 0 Å². The summed E-state index contributed by atoms with van der Waals surface area (Å²) in [7, 11) is 1.43. The zero-order valence-corrected chi connectivity index (χ0v) is 9.53. The first-order valence-electron chi connectivity index (χ1n) is 5.15. The van der Waals surface area contributed by atoms with E-state index in [2.05, 4.69) is 0 Å². The predicted octanol–water partition coefficient (Wildman–Crippen LogP) is 1.72. The summed E-state index contributed by atoms with van der Waals surface area (Å²) in [5.74, 6) is 0.445. The van der Waals surface area contributed by atoms with E-state index in [9.17, 15) is 5.11 Å². The number of aromatic hydroxyl groups is 1. The van der Waals surface area contributed by atoms with Gasteiger partial charge in [0.25, 0.3) is 0 Å². The number of hydrogen-bond acceptors (Lipinski definition) is 4. The third kappa shape index (κ3) is 2.44. The quantitative estimate of drug-likeness (QED) is 0.809. The molecule has 0 heterocycles. The maximum absolute atomic E-state index is 9.71. The van der Waals surface area contributed by atoms with E-state index >= 15 is 0 Å². The van der Waals surface area contributed by atoms with Crippen molar-refractivity contribution in [2.45, 2.75) is 19.3 Å². The minimum absolute atomic E-state index is 0.000390. The minimum Gasteiger partial charge on any atom is -0.504 e. The Labute approximate surface area is 95.3 Å². The number of nitrogens with two attached hydrogens (primary N) is 1. The second-order valence-electron chi connectivity index (χ2n) is 3.71. The summed E-state index contributed by atoms with van der Waals surface area (Å²) in [6.07, 6.45) is 0.816. The number of methoxy groups -OCH3 is 1. The summed E-state index contributed by atoms with van der Waals surface area (Å²) >= 11 is 0. The van der Waals surface area contributed by atoms with Gasteiger partial charge in [0.05, 0.1) is 12.7 Å². The number of hydrogen-bond donors (Lipinski definition) is 2. The monoisotopic (exact) mass is 220 g/mol. The summed E-state index contributed by atoms with van der Waals surface area (Å²) in [6.45, 7) is 2.59. The van der Waals surface area contributed by atoms with Gasteiger partial charge in [-0.1, -0.05) is 6.92 Å². The van der Waals surface area contributed by atoms with Crippen molar-refractivity contribution < 1.29 is 9.84 Å². The smallest absolute Gasteiger partial charge is 0.178 e. The lowest BCUT2D eigenvalue weighted by atomic mass is 9.95. The molecular formula is C12H16N2O2. The highest BCUT2D eigenvalue weighted by molar-refractivity contribution is 5.54. The van der Waals surface area contributed by atoms with Crippen LogP contribution in [-0.2, 0) is 0 Å². The molecule has 0 saturated heterocycles. The van der Waals surface area contributed by atoms with Crippen LogP contribution in [0.3, 0.4) is 0 Å². The maximum atomic E-state index is 9.71. The van der Waals surface area contributed by atoms with Crippen LogP contribution >= 0.6 is 0 Å². The van der Waals surface area contributed by atoms with Gasteiger partial charge in [-0.25, -0.2) is 0 Å². The Bertz CT molecular complexity index is 410. The third-order valence-electron chi connectivity index (χ3n) is 2.58. The molecule has 0 aromatic heterocycles. The van der Waals surface area contributed by atoms with Crippen LogP contribution in [0.5, 0.6) is 11.5 Å². The molecule has 86 valence electrons. The van der Waals surface area contributed by atoms with Gasteiger partial charge in [0.1, 0.15) is 6.07 Å². The van der Waals surface area contributed by atoms with Crippen LogP contribution in [0.15, 0.2) is 12.1 Å². The summed E-state index contributed by atoms with van der Waals surface area (Å²) < 4.78 is 4.96. The van der Waals surface area contributed by atoms with Gasteiger partial charge in [-0.3, -0.25) is 0 Å². The molecule has 1 aromatic carbocycles. The summed E-state index contributed by atoms with van der Waals surface area (Å²) in [4.78, 5) is 0. The van der Waals surface area contributed by atoms with Crippen molar-refractivity contribution in [3.63, 3.8) is 0 Å². The molecular weight excluding hydrogens is 204 g/mol. The largest absolute Gasteiger partial charge is 0.504 e. The van der Waals surface area contributed by atoms with Gasteiger partial charge in [-0.05, 0) is 36.6 Å². The minimum atomic E-state index is 0.000390. The third-order valence-corrected chi connectivity index (χ3v) is 2.58. The molecule has 1 aromatic rings. The number of ether oxygens (including phenoxy) is 1. The van der Waals surface area contributed by atoms with E-state index in [-0.39, 0.29) is 17.4 Å². The lowest BCUT2D eigenvalue weighted by Crippen LogP contribution is -2.05. The second-order valence-corrected chi connectivity index (χ2v) is 3.71. The van der Waals surface area contributed by atoms with Crippen LogP contribution in [-0.4, -0.2) is 18.8 Å². The molecule has 0 bridgehead atoms. The summed E-state index contributed by atoms with van der Waals surface area (Å²) in [5, 5.41) is 18.7. The highest BCUT2D eigenvalue weighted by Gasteiger charge is 2.13. The predicted molar refractivity (Wildman–Crippen MR) is 61.5 cm³/mol. The average molecular weight is 220 g/mol. The molecule has 1 rings (SSSR count). The summed E-state index contributed by atoms with van der Waals surface area (Å²) in [6, 6.07) is 5.37. The molecule has 0 radical (unpaired) electrons. The van der Waals surface area contributed by atoms with Crippen LogP contribution in [0.2, 0.25) is 0 Å². The average Bonchev–Trinajstić information content (AvgIpc) is 2.28. The van der Waals surface area contributed by atoms with E-state index in [1.54, 1.807) is 12.1 Å². The first kappa shape index (κ1) is 12.3. The van der Waals surface area contributed by atoms with Crippen LogP contribution in [0.25, 0.3) is 0 Å². The fourth-order valence-corrected chi connectivity index (χ4v) is 1.63. The molecule has 0 amide bonds. The molecule has 0 aliphatic rings. The maximum Gasteiger partial charge on any atom is 0.178 e. The standard InChI is InChI=1S/C12H16N2O2/c1-8(3-4-13)9-5-10(7-14)12(16-2)11(15)6-9/h5-6,8,15H,3-4,13H2,1-2H3. The Hall–Kier alpha value is -1.73. The van der Waals surface area contributed by atoms with E-state index in [0.717, 1.165) is 12.0 Å². The number of phenolic OH excluding ortho intramolecular Hbond substituents is 1. The molecule has 3 N–H and O–H groups in total. The molecule has 0 saturated carbocycles. The highest BCUT2D eigenvalue weighted by Crippen LogP contribution is 2.34. The van der Waals surface area contributed by atoms with Crippen molar-refractivity contribution in [2.24, 2.45) is 5.73 Å². The SMILES string of the molecule is COc1c(O)cc(C(C)CCN)cc1C#N. The van der Waals surface area contributed by atoms with Gasteiger partial charge in [0, 0.05) is 0 Å². The normalized spacial score (nSPS) is 11.9. The Kier molecular flexibility index (Phi) is 4.15. The molecule has 1 atom stereocenters. The van der Waals surface area contributed by atoms with E-state index in [0.29, 0.717) is 12.1 Å². The number of benzene rings is 1. The molecule has 0 fully saturated rings. The van der Waals surface area contributed by atoms with Gasteiger partial charge in [0.2, 0.25) is 0 Å². The van der Waals surface area contributed by atoms with Gasteiger partial charge in [0.15, 0.2) is 11.5 Å². The van der Waals surface area contributed by atoms with Crippen molar-refractivity contribution >= 4 is 0 Å². The first-order chi connectivity index (χ1) is 7.63. The van der Waals surface area contributed by atoms with Crippen LogP contribution in [0, 0.1) is 11.3 Å². The Morgan fingerprint density at radius 3 is 2.75 bits per heavy atom. The molecule has 0 aliphatic carbocycles. The van der Waals surface area contributed by atoms with Crippen molar-refractivity contribution in [3.8, 4) is 17.6 Å². The fraction of sp³-hybridized carbons (Fsp3) is 0.417. The first-order valence-corrected chi connectivity index (χ1v) is 5.15. The number of phenols is 1. The number of nitriles is 1. The van der Waals surface area contributed by atoms with Crippen LogP contribution in [0.4, 0.5) is 0 Å². The Morgan fingerprint density at radius 2 is 2.25 bits per heavy atom. The molecule has 1 unspecified atom stereocenters. The highest BCUT2D eigenvalue weighted by atomic mass is 16.5. The van der Waals surface area contributed by atoms with Crippen LogP contribution < -0.4 is 10.5 Å². The van der Waals surface area contributed by atoms with E-state index in [1.165, 1.54) is 7.11 Å². The zero-order chi connectivity index (χ0) is 12.1. The van der Waals surface area contributed by atoms with Gasteiger partial charge < -0.3 is 15.6 Å². The topological polar surface area (TPSA) is 79.3 Å². The van der Waals surface area contributed by atoms with Crippen molar-refractivity contribution in [2.75, 3.05) is 13.7 Å². The number of nitrogens with zero attached hydrogens (tertiary/aromatic N) is 1. The Morgan fingerprint density at radius 1 is 1.56 bits per heavy atom. The van der Waals surface area contributed by atoms with Gasteiger partial charge in [-0.2, -0.15) is 5.26 Å². The second kappa shape index (κ2) is 5.38. The molecule has 16 heavy (non-hydrogen) atoms.